The summed E-state index contributed by atoms with van der Waals surface area (Å²) in [5.74, 6) is 0. The standard InChI is InChI=1S/C67H59BN2S2/c1-40-35-56-64-57(36-40)70(45-30-25-42(26-31-45)47-18-14-22-61-63(47)49-16-10-12-20-59(49)72-61)55-39-51-50(66(5,6)33-34-67(51,7)8)38-53(55)68(64)52-32-27-43(65(2,3)4)37-54(52)69(56)44-28-23-41(24-29-44)46-17-13-21-60-62(46)48-15-9-11-19-58(48)71-60/h9-12,14-20,22-32,35-39H,13,21,33-34H2,1-8H3. The van der Waals surface area contributed by atoms with Crippen molar-refractivity contribution >= 4 is 116 Å². The maximum atomic E-state index is 2.67. The predicted molar refractivity (Wildman–Crippen MR) is 315 cm³/mol. The molecule has 0 unspecified atom stereocenters. The van der Waals surface area contributed by atoms with Crippen molar-refractivity contribution in [2.45, 2.75) is 97.3 Å². The van der Waals surface area contributed by atoms with Gasteiger partial charge in [0.05, 0.1) is 0 Å². The SMILES string of the molecule is Cc1cc2c3c(c1)N(c1ccc(-c4cccc5sc6ccccc6c45)cc1)c1cc4c(cc1B3c1ccc(C(C)(C)C)cc1N2c1ccc(C2=CCCc3sc5ccccc5c32)cc1)C(C)(C)CCC4(C)C. The van der Waals surface area contributed by atoms with Gasteiger partial charge in [0.25, 0.3) is 6.71 Å². The van der Waals surface area contributed by atoms with Crippen LogP contribution in [0.3, 0.4) is 0 Å². The Balaban J connectivity index is 0.982. The van der Waals surface area contributed by atoms with Gasteiger partial charge in [0.15, 0.2) is 0 Å². The van der Waals surface area contributed by atoms with Gasteiger partial charge in [0, 0.05) is 74.8 Å². The summed E-state index contributed by atoms with van der Waals surface area (Å²) in [6.45, 7) is 19.3. The fourth-order valence-electron chi connectivity index (χ4n) is 13.1. The van der Waals surface area contributed by atoms with Gasteiger partial charge in [-0.25, -0.2) is 0 Å². The Labute approximate surface area is 433 Å². The molecule has 0 saturated carbocycles. The zero-order chi connectivity index (χ0) is 49.0. The Hall–Kier alpha value is -6.66. The highest BCUT2D eigenvalue weighted by Gasteiger charge is 2.47. The zero-order valence-corrected chi connectivity index (χ0v) is 44.3. The van der Waals surface area contributed by atoms with E-state index in [1.807, 2.05) is 22.7 Å². The first-order valence-electron chi connectivity index (χ1n) is 26.1. The van der Waals surface area contributed by atoms with Crippen molar-refractivity contribution in [2.24, 2.45) is 0 Å². The summed E-state index contributed by atoms with van der Waals surface area (Å²) in [6.07, 6.45) is 7.01. The van der Waals surface area contributed by atoms with E-state index < -0.39 is 0 Å². The van der Waals surface area contributed by atoms with Gasteiger partial charge in [-0.15, -0.1) is 22.7 Å². The lowest BCUT2D eigenvalue weighted by Crippen LogP contribution is -2.62. The second-order valence-electron chi connectivity index (χ2n) is 23.5. The van der Waals surface area contributed by atoms with Gasteiger partial charge < -0.3 is 9.80 Å². The number of rotatable bonds is 4. The molecule has 0 atom stereocenters. The van der Waals surface area contributed by atoms with Crippen molar-refractivity contribution in [1.29, 1.82) is 0 Å². The van der Waals surface area contributed by atoms with Crippen LogP contribution < -0.4 is 26.2 Å². The number of fused-ring (bicyclic) bond motifs is 11. The third kappa shape index (κ3) is 6.59. The van der Waals surface area contributed by atoms with Crippen molar-refractivity contribution in [3.63, 3.8) is 0 Å². The van der Waals surface area contributed by atoms with Crippen LogP contribution in [0.1, 0.15) is 106 Å². The van der Waals surface area contributed by atoms with E-state index in [9.17, 15) is 0 Å². The normalized spacial score (nSPS) is 16.3. The van der Waals surface area contributed by atoms with E-state index in [-0.39, 0.29) is 23.0 Å². The van der Waals surface area contributed by atoms with Crippen molar-refractivity contribution in [3.8, 4) is 11.1 Å². The lowest BCUT2D eigenvalue weighted by molar-refractivity contribution is 0.332. The summed E-state index contributed by atoms with van der Waals surface area (Å²) in [4.78, 5) is 6.76. The minimum absolute atomic E-state index is 0.0266. The smallest absolute Gasteiger partial charge is 0.252 e. The van der Waals surface area contributed by atoms with Crippen LogP contribution in [0, 0.1) is 6.92 Å². The van der Waals surface area contributed by atoms with Gasteiger partial charge in [-0.3, -0.25) is 0 Å². The Kier molecular flexibility index (Phi) is 9.60. The predicted octanol–water partition coefficient (Wildman–Crippen LogP) is 17.4. The van der Waals surface area contributed by atoms with Gasteiger partial charge >= 0.3 is 0 Å². The maximum absolute atomic E-state index is 2.67. The molecule has 0 fully saturated rings. The molecule has 0 spiro atoms. The van der Waals surface area contributed by atoms with Gasteiger partial charge in [-0.1, -0.05) is 146 Å². The summed E-state index contributed by atoms with van der Waals surface area (Å²) in [5, 5.41) is 4.06. The average Bonchev–Trinajstić information content (AvgIpc) is 3.96. The highest BCUT2D eigenvalue weighted by atomic mass is 32.1. The van der Waals surface area contributed by atoms with Crippen molar-refractivity contribution < 1.29 is 0 Å². The van der Waals surface area contributed by atoms with E-state index in [4.69, 9.17) is 0 Å². The third-order valence-electron chi connectivity index (χ3n) is 17.0. The minimum atomic E-state index is -0.0266. The van der Waals surface area contributed by atoms with Crippen molar-refractivity contribution in [2.75, 3.05) is 9.80 Å². The number of aryl methyl sites for hydroxylation is 2. The lowest BCUT2D eigenvalue weighted by Gasteiger charge is -2.47. The summed E-state index contributed by atoms with van der Waals surface area (Å²) < 4.78 is 4.05. The number of nitrogens with zero attached hydrogens (tertiary/aromatic N) is 2. The minimum Gasteiger partial charge on any atom is -0.311 e. The average molecular weight is 967 g/mol. The quantitative estimate of drug-likeness (QED) is 0.162. The summed E-state index contributed by atoms with van der Waals surface area (Å²) in [5.41, 5.74) is 23.9. The van der Waals surface area contributed by atoms with Gasteiger partial charge in [-0.2, -0.15) is 0 Å². The van der Waals surface area contributed by atoms with Gasteiger partial charge in [-0.05, 0) is 176 Å². The van der Waals surface area contributed by atoms with Crippen LogP contribution in [0.2, 0.25) is 0 Å². The highest BCUT2D eigenvalue weighted by molar-refractivity contribution is 7.26. The van der Waals surface area contributed by atoms with E-state index in [0.717, 1.165) is 12.8 Å². The Bertz CT molecular complexity index is 3930. The fraction of sp³-hybridized carbons (Fsp3) is 0.224. The molecule has 72 heavy (non-hydrogen) atoms. The van der Waals surface area contributed by atoms with E-state index in [1.165, 1.54) is 149 Å². The molecule has 4 heterocycles. The molecule has 14 rings (SSSR count). The highest BCUT2D eigenvalue weighted by Crippen LogP contribution is 2.52. The lowest BCUT2D eigenvalue weighted by atomic mass is 9.33. The van der Waals surface area contributed by atoms with E-state index in [1.54, 1.807) is 0 Å². The number of anilines is 6. The van der Waals surface area contributed by atoms with E-state index in [2.05, 4.69) is 229 Å². The molecule has 2 aromatic heterocycles. The molecule has 4 aliphatic rings. The van der Waals surface area contributed by atoms with E-state index >= 15 is 0 Å². The molecule has 0 saturated heterocycles. The maximum Gasteiger partial charge on any atom is 0.252 e. The van der Waals surface area contributed by atoms with Crippen LogP contribution in [-0.2, 0) is 22.7 Å². The van der Waals surface area contributed by atoms with Crippen LogP contribution >= 0.6 is 22.7 Å². The number of allylic oxidation sites excluding steroid dienone is 1. The number of hydrogen-bond donors (Lipinski definition) is 0. The molecular formula is C67H59BN2S2. The Morgan fingerprint density at radius 2 is 1.14 bits per heavy atom. The molecule has 2 aliphatic heterocycles. The van der Waals surface area contributed by atoms with Crippen molar-refractivity contribution in [1.82, 2.24) is 0 Å². The monoisotopic (exact) mass is 966 g/mol. The largest absolute Gasteiger partial charge is 0.311 e. The summed E-state index contributed by atoms with van der Waals surface area (Å²) in [7, 11) is 0. The molecule has 0 radical (unpaired) electrons. The number of hydrogen-bond acceptors (Lipinski definition) is 4. The molecule has 2 aliphatic carbocycles. The molecule has 0 amide bonds. The third-order valence-corrected chi connectivity index (χ3v) is 19.4. The van der Waals surface area contributed by atoms with Gasteiger partial charge in [0.2, 0.25) is 0 Å². The molecule has 352 valence electrons. The van der Waals surface area contributed by atoms with Crippen LogP contribution in [0.15, 0.2) is 164 Å². The molecule has 2 nitrogen and oxygen atoms in total. The summed E-state index contributed by atoms with van der Waals surface area (Å²) >= 11 is 3.86. The Morgan fingerprint density at radius 1 is 0.542 bits per heavy atom. The Morgan fingerprint density at radius 3 is 1.82 bits per heavy atom. The molecule has 10 aromatic rings. The van der Waals surface area contributed by atoms with Crippen LogP contribution in [0.5, 0.6) is 0 Å². The van der Waals surface area contributed by atoms with E-state index in [0.29, 0.717) is 0 Å². The fourth-order valence-corrected chi connectivity index (χ4v) is 15.5. The summed E-state index contributed by atoms with van der Waals surface area (Å²) in [6, 6.07) is 61.4. The van der Waals surface area contributed by atoms with Crippen LogP contribution in [-0.4, -0.2) is 6.71 Å². The van der Waals surface area contributed by atoms with Gasteiger partial charge in [0.1, 0.15) is 0 Å². The van der Waals surface area contributed by atoms with Crippen molar-refractivity contribution in [3.05, 3.63) is 202 Å². The second-order valence-corrected chi connectivity index (χ2v) is 25.7. The molecule has 0 bridgehead atoms. The topological polar surface area (TPSA) is 6.48 Å². The number of benzene rings is 8. The van der Waals surface area contributed by atoms with Crippen LogP contribution in [0.4, 0.5) is 34.1 Å². The molecule has 5 heteroatoms. The number of thiophene rings is 2. The zero-order valence-electron chi connectivity index (χ0n) is 42.7. The molecular weight excluding hydrogens is 908 g/mol. The first kappa shape index (κ1) is 44.1. The molecule has 8 aromatic carbocycles. The second kappa shape index (κ2) is 15.7. The van der Waals surface area contributed by atoms with Crippen LogP contribution in [0.25, 0.3) is 47.0 Å². The first-order valence-corrected chi connectivity index (χ1v) is 27.8. The first-order chi connectivity index (χ1) is 34.7. The molecule has 0 N–H and O–H groups in total.